The van der Waals surface area contributed by atoms with Gasteiger partial charge in [-0.3, -0.25) is 24.0 Å². The van der Waals surface area contributed by atoms with E-state index in [0.29, 0.717) is 32.8 Å². The van der Waals surface area contributed by atoms with Gasteiger partial charge in [-0.2, -0.15) is 0 Å². The number of carbonyl (C=O) groups excluding carboxylic acids is 3. The first-order valence-electron chi connectivity index (χ1n) is 12.1. The number of benzene rings is 2. The van der Waals surface area contributed by atoms with Gasteiger partial charge in [0, 0.05) is 51.4 Å². The summed E-state index contributed by atoms with van der Waals surface area (Å²) in [7, 11) is 0. The minimum absolute atomic E-state index is 0.256. The Labute approximate surface area is 229 Å². The van der Waals surface area contributed by atoms with Gasteiger partial charge in [0.05, 0.1) is 5.52 Å². The van der Waals surface area contributed by atoms with Crippen molar-refractivity contribution < 1.29 is 19.1 Å². The Morgan fingerprint density at radius 2 is 1.76 bits per heavy atom. The van der Waals surface area contributed by atoms with E-state index >= 15 is 0 Å². The fourth-order valence-corrected chi connectivity index (χ4v) is 6.01. The molecule has 3 heterocycles. The number of ketones is 1. The summed E-state index contributed by atoms with van der Waals surface area (Å²) in [4.78, 5) is 46.7. The molecule has 1 aliphatic rings. The summed E-state index contributed by atoms with van der Waals surface area (Å²) in [5.41, 5.74) is 1.48. The first-order chi connectivity index (χ1) is 18.1. The molecular weight excluding hydrogens is 522 g/mol. The van der Waals surface area contributed by atoms with Crippen molar-refractivity contribution in [3.05, 3.63) is 101 Å². The first kappa shape index (κ1) is 26.0. The number of aromatic nitrogens is 2. The number of amides is 1. The molecule has 1 unspecified atom stereocenters. The summed E-state index contributed by atoms with van der Waals surface area (Å²) >= 11 is 7.48. The maximum atomic E-state index is 14.1. The number of thioether (sulfide) groups is 1. The summed E-state index contributed by atoms with van der Waals surface area (Å²) < 4.78 is 7.20. The molecule has 7 nitrogen and oxygen atoms in total. The molecule has 194 valence electrons. The first-order valence-corrected chi connectivity index (χ1v) is 13.5. The van der Waals surface area contributed by atoms with Gasteiger partial charge in [-0.05, 0) is 57.2 Å². The van der Waals surface area contributed by atoms with Crippen LogP contribution in [0.3, 0.4) is 0 Å². The van der Waals surface area contributed by atoms with E-state index in [2.05, 4.69) is 4.98 Å². The topological polar surface area (TPSA) is 81.5 Å². The lowest BCUT2D eigenvalue weighted by Gasteiger charge is -2.31. The number of para-hydroxylation sites is 1. The Morgan fingerprint density at radius 1 is 1.03 bits per heavy atom. The van der Waals surface area contributed by atoms with Crippen LogP contribution in [0.1, 0.15) is 52.4 Å². The summed E-state index contributed by atoms with van der Waals surface area (Å²) in [5.74, 6) is -0.161. The zero-order valence-corrected chi connectivity index (χ0v) is 22.7. The monoisotopic (exact) mass is 547 g/mol. The third-order valence-electron chi connectivity index (χ3n) is 6.16. The third kappa shape index (κ3) is 5.06. The fraction of sp³-hybridized carbons (Fsp3) is 0.241. The predicted octanol–water partition coefficient (Wildman–Crippen LogP) is 6.61. The zero-order valence-electron chi connectivity index (χ0n) is 21.1. The largest absolute Gasteiger partial charge is 0.444 e. The molecule has 1 saturated heterocycles. The minimum Gasteiger partial charge on any atom is -0.444 e. The normalized spacial score (nSPS) is 17.5. The molecule has 0 N–H and O–H groups in total. The van der Waals surface area contributed by atoms with E-state index in [1.54, 1.807) is 75.8 Å². The number of Topliss-reactive ketones (excluding diaryl/α,β-unsaturated/α-hetero) is 1. The number of halogens is 1. The van der Waals surface area contributed by atoms with E-state index in [1.165, 1.54) is 21.2 Å². The molecule has 1 fully saturated rings. The van der Waals surface area contributed by atoms with Gasteiger partial charge in [-0.1, -0.05) is 35.9 Å². The van der Waals surface area contributed by atoms with E-state index < -0.39 is 23.1 Å². The van der Waals surface area contributed by atoms with Crippen molar-refractivity contribution in [1.29, 1.82) is 0 Å². The summed E-state index contributed by atoms with van der Waals surface area (Å²) in [5, 5.41) is 0.731. The van der Waals surface area contributed by atoms with E-state index in [0.717, 1.165) is 5.56 Å². The number of carbonyl (C=O) groups is 3. The van der Waals surface area contributed by atoms with Crippen LogP contribution >= 0.6 is 23.4 Å². The van der Waals surface area contributed by atoms with Crippen molar-refractivity contribution in [3.63, 3.8) is 0 Å². The number of fused-ring (bicyclic) bond motifs is 1. The van der Waals surface area contributed by atoms with Crippen LogP contribution in [0.25, 0.3) is 10.9 Å². The van der Waals surface area contributed by atoms with Crippen LogP contribution in [0.4, 0.5) is 4.79 Å². The van der Waals surface area contributed by atoms with Gasteiger partial charge in [0.2, 0.25) is 0 Å². The van der Waals surface area contributed by atoms with Gasteiger partial charge in [0.1, 0.15) is 17.0 Å². The minimum atomic E-state index is -0.787. The Morgan fingerprint density at radius 3 is 2.45 bits per heavy atom. The highest BCUT2D eigenvalue weighted by Crippen LogP contribution is 2.43. The van der Waals surface area contributed by atoms with Gasteiger partial charge >= 0.3 is 6.09 Å². The smallest absolute Gasteiger partial charge is 0.412 e. The quantitative estimate of drug-likeness (QED) is 0.267. The highest BCUT2D eigenvalue weighted by molar-refractivity contribution is 7.99. The van der Waals surface area contributed by atoms with E-state index in [1.807, 2.05) is 24.3 Å². The number of pyridine rings is 1. The number of nitrogens with zero attached hydrogens (tertiary/aromatic N) is 3. The van der Waals surface area contributed by atoms with Gasteiger partial charge in [-0.25, -0.2) is 4.79 Å². The summed E-state index contributed by atoms with van der Waals surface area (Å²) in [6.07, 6.45) is 4.35. The molecule has 5 rings (SSSR count). The van der Waals surface area contributed by atoms with Gasteiger partial charge < -0.3 is 4.74 Å². The second-order valence-electron chi connectivity index (χ2n) is 9.98. The van der Waals surface area contributed by atoms with Crippen LogP contribution in [0, 0.1) is 0 Å². The maximum Gasteiger partial charge on any atom is 0.412 e. The fourth-order valence-electron chi connectivity index (χ4n) is 4.48. The molecule has 1 amide bonds. The second kappa shape index (κ2) is 10.3. The molecule has 2 aromatic carbocycles. The third-order valence-corrected chi connectivity index (χ3v) is 7.74. The van der Waals surface area contributed by atoms with Crippen LogP contribution in [-0.4, -0.2) is 49.6 Å². The van der Waals surface area contributed by atoms with Crippen molar-refractivity contribution in [2.75, 3.05) is 5.75 Å². The lowest BCUT2D eigenvalue weighted by Crippen LogP contribution is -2.45. The predicted molar refractivity (Wildman–Crippen MR) is 149 cm³/mol. The maximum absolute atomic E-state index is 14.1. The molecule has 0 aliphatic carbocycles. The standard InChI is InChI=1S/C29H26ClN3O4S/c1-29(2,3)37-28(36)33-24(17-38-27(33)19-7-6-14-31-15-19)25(34)22-16-32(23-9-5-4-8-21(22)23)26(35)18-10-12-20(30)13-11-18/h4-16,24,27H,17H2,1-3H3/t24-,27?/m0/s1. The molecule has 1 aliphatic heterocycles. The van der Waals surface area contributed by atoms with Crippen molar-refractivity contribution in [1.82, 2.24) is 14.5 Å². The van der Waals surface area contributed by atoms with Crippen molar-refractivity contribution in [3.8, 4) is 0 Å². The number of rotatable bonds is 4. The van der Waals surface area contributed by atoms with E-state index in [4.69, 9.17) is 16.3 Å². The van der Waals surface area contributed by atoms with Gasteiger partial charge in [-0.15, -0.1) is 11.8 Å². The van der Waals surface area contributed by atoms with Crippen LogP contribution in [0.5, 0.6) is 0 Å². The molecule has 0 bridgehead atoms. The van der Waals surface area contributed by atoms with Crippen molar-refractivity contribution in [2.45, 2.75) is 37.8 Å². The Bertz CT molecular complexity index is 1510. The Balaban J connectivity index is 1.55. The Kier molecular flexibility index (Phi) is 7.03. The van der Waals surface area contributed by atoms with E-state index in [9.17, 15) is 14.4 Å². The van der Waals surface area contributed by atoms with E-state index in [-0.39, 0.29) is 11.7 Å². The molecule has 2 aromatic heterocycles. The molecule has 0 saturated carbocycles. The lowest BCUT2D eigenvalue weighted by atomic mass is 10.0. The average Bonchev–Trinajstić information content (AvgIpc) is 3.51. The van der Waals surface area contributed by atoms with Crippen LogP contribution in [-0.2, 0) is 4.74 Å². The number of hydrogen-bond acceptors (Lipinski definition) is 6. The van der Waals surface area contributed by atoms with Crippen molar-refractivity contribution in [2.24, 2.45) is 0 Å². The molecular formula is C29H26ClN3O4S. The molecule has 0 radical (unpaired) electrons. The van der Waals surface area contributed by atoms with Crippen LogP contribution in [0.15, 0.2) is 79.3 Å². The molecule has 0 spiro atoms. The molecule has 4 aromatic rings. The molecule has 2 atom stereocenters. The highest BCUT2D eigenvalue weighted by atomic mass is 35.5. The SMILES string of the molecule is CC(C)(C)OC(=O)N1C(c2cccnc2)SC[C@H]1C(=O)c1cn(C(=O)c2ccc(Cl)cc2)c2ccccc12. The molecule has 38 heavy (non-hydrogen) atoms. The molecule has 9 heteroatoms. The number of hydrogen-bond donors (Lipinski definition) is 0. The zero-order chi connectivity index (χ0) is 27.0. The average molecular weight is 548 g/mol. The second-order valence-corrected chi connectivity index (χ2v) is 11.5. The summed E-state index contributed by atoms with van der Waals surface area (Å²) in [6, 6.07) is 16.8. The van der Waals surface area contributed by atoms with Gasteiger partial charge in [0.25, 0.3) is 5.91 Å². The number of ether oxygens (including phenoxy) is 1. The summed E-state index contributed by atoms with van der Waals surface area (Å²) in [6.45, 7) is 5.38. The van der Waals surface area contributed by atoms with Crippen LogP contribution in [0.2, 0.25) is 5.02 Å². The van der Waals surface area contributed by atoms with Crippen molar-refractivity contribution >= 4 is 52.0 Å². The Hall–Kier alpha value is -3.62. The lowest BCUT2D eigenvalue weighted by molar-refractivity contribution is 0.0172. The van der Waals surface area contributed by atoms with Gasteiger partial charge in [0.15, 0.2) is 5.78 Å². The van der Waals surface area contributed by atoms with Crippen LogP contribution < -0.4 is 0 Å². The highest BCUT2D eigenvalue weighted by Gasteiger charge is 2.45.